The summed E-state index contributed by atoms with van der Waals surface area (Å²) in [5.41, 5.74) is 0.299. The summed E-state index contributed by atoms with van der Waals surface area (Å²) in [6.07, 6.45) is -5.77. The second kappa shape index (κ2) is 6.19. The maximum Gasteiger partial charge on any atom is 0.157 e. The van der Waals surface area contributed by atoms with Crippen LogP contribution in [0.15, 0.2) is 29.2 Å². The van der Waals surface area contributed by atoms with Gasteiger partial charge >= 0.3 is 0 Å². The van der Waals surface area contributed by atoms with E-state index in [1.807, 2.05) is 31.2 Å². The number of hydrogen-bond donors (Lipinski definition) is 3. The van der Waals surface area contributed by atoms with E-state index in [1.165, 1.54) is 11.8 Å². The van der Waals surface area contributed by atoms with Gasteiger partial charge in [-0.3, -0.25) is 0 Å². The Morgan fingerprint density at radius 1 is 1.21 bits per heavy atom. The summed E-state index contributed by atoms with van der Waals surface area (Å²) in [4.78, 5) is 0.843. The Morgan fingerprint density at radius 3 is 2.42 bits per heavy atom. The van der Waals surface area contributed by atoms with Crippen molar-refractivity contribution in [3.63, 3.8) is 0 Å². The van der Waals surface area contributed by atoms with E-state index in [-0.39, 0.29) is 0 Å². The number of aryl methyl sites for hydroxylation is 1. The molecule has 1 aliphatic rings. The first-order valence-corrected chi connectivity index (χ1v) is 6.90. The van der Waals surface area contributed by atoms with Crippen molar-refractivity contribution in [3.8, 4) is 0 Å². The standard InChI is InChI=1S/C13H17FO4S/c1-7-2-4-8(5-3-7)19-13-12(17)11(16)10(14)9(6-15)18-13/h2-5,9-13,15-17H,6H2,1H3. The van der Waals surface area contributed by atoms with Crippen molar-refractivity contribution in [1.29, 1.82) is 0 Å². The zero-order chi connectivity index (χ0) is 14.0. The lowest BCUT2D eigenvalue weighted by Crippen LogP contribution is -2.55. The van der Waals surface area contributed by atoms with Crippen LogP contribution >= 0.6 is 11.8 Å². The Bertz CT molecular complexity index is 412. The van der Waals surface area contributed by atoms with E-state index in [9.17, 15) is 14.6 Å². The monoisotopic (exact) mass is 288 g/mol. The summed E-state index contributed by atoms with van der Waals surface area (Å²) < 4.78 is 18.8. The van der Waals surface area contributed by atoms with Gasteiger partial charge < -0.3 is 20.1 Å². The first kappa shape index (κ1) is 14.7. The molecule has 0 aliphatic carbocycles. The Hall–Kier alpha value is -0.660. The fourth-order valence-electron chi connectivity index (χ4n) is 1.89. The minimum absolute atomic E-state index is 0.532. The predicted molar refractivity (Wildman–Crippen MR) is 69.7 cm³/mol. The van der Waals surface area contributed by atoms with Crippen LogP contribution in [0.2, 0.25) is 0 Å². The van der Waals surface area contributed by atoms with E-state index in [2.05, 4.69) is 0 Å². The Labute approximate surface area is 115 Å². The molecule has 1 aliphatic heterocycles. The summed E-state index contributed by atoms with van der Waals surface area (Å²) in [6, 6.07) is 7.54. The molecule has 1 aromatic carbocycles. The van der Waals surface area contributed by atoms with Gasteiger partial charge in [-0.25, -0.2) is 4.39 Å². The molecule has 0 spiro atoms. The van der Waals surface area contributed by atoms with Crippen molar-refractivity contribution < 1.29 is 24.4 Å². The van der Waals surface area contributed by atoms with Gasteiger partial charge in [0, 0.05) is 4.90 Å². The van der Waals surface area contributed by atoms with Crippen molar-refractivity contribution in [3.05, 3.63) is 29.8 Å². The predicted octanol–water partition coefficient (Wildman–Crippen LogP) is 0.864. The van der Waals surface area contributed by atoms with Crippen molar-refractivity contribution in [2.45, 2.75) is 41.7 Å². The highest BCUT2D eigenvalue weighted by Crippen LogP contribution is 2.34. The first-order valence-electron chi connectivity index (χ1n) is 6.03. The summed E-state index contributed by atoms with van der Waals surface area (Å²) in [5.74, 6) is 0. The molecule has 6 heteroatoms. The van der Waals surface area contributed by atoms with Crippen molar-refractivity contribution >= 4 is 11.8 Å². The van der Waals surface area contributed by atoms with E-state index in [0.717, 1.165) is 10.5 Å². The first-order chi connectivity index (χ1) is 9.02. The molecule has 2 rings (SSSR count). The zero-order valence-corrected chi connectivity index (χ0v) is 11.3. The van der Waals surface area contributed by atoms with Crippen molar-refractivity contribution in [2.75, 3.05) is 6.61 Å². The summed E-state index contributed by atoms with van der Waals surface area (Å²) in [6.45, 7) is 1.43. The Balaban J connectivity index is 2.08. The highest BCUT2D eigenvalue weighted by Gasteiger charge is 2.44. The second-order valence-electron chi connectivity index (χ2n) is 4.58. The number of alkyl halides is 1. The van der Waals surface area contributed by atoms with Crippen molar-refractivity contribution in [2.24, 2.45) is 0 Å². The average molecular weight is 288 g/mol. The second-order valence-corrected chi connectivity index (χ2v) is 5.75. The number of thioether (sulfide) groups is 1. The molecule has 1 heterocycles. The number of aliphatic hydroxyl groups is 3. The number of hydrogen-bond acceptors (Lipinski definition) is 5. The molecule has 0 amide bonds. The maximum atomic E-state index is 13.6. The summed E-state index contributed by atoms with van der Waals surface area (Å²) in [5, 5.41) is 28.4. The highest BCUT2D eigenvalue weighted by atomic mass is 32.2. The number of benzene rings is 1. The van der Waals surface area contributed by atoms with Gasteiger partial charge in [-0.1, -0.05) is 29.5 Å². The molecule has 1 fully saturated rings. The van der Waals surface area contributed by atoms with Crippen LogP contribution in [0, 0.1) is 6.92 Å². The molecule has 106 valence electrons. The molecule has 0 radical (unpaired) electrons. The normalized spacial score (nSPS) is 35.3. The van der Waals surface area contributed by atoms with Crippen LogP contribution in [0.25, 0.3) is 0 Å². The van der Waals surface area contributed by atoms with E-state index in [0.29, 0.717) is 0 Å². The molecular formula is C13H17FO4S. The quantitative estimate of drug-likeness (QED) is 0.770. The SMILES string of the molecule is Cc1ccc(SC2OC(CO)C(F)C(O)C2O)cc1. The molecule has 1 aromatic rings. The van der Waals surface area contributed by atoms with Crippen LogP contribution in [0.3, 0.4) is 0 Å². The third-order valence-electron chi connectivity index (χ3n) is 3.07. The molecule has 3 N–H and O–H groups in total. The van der Waals surface area contributed by atoms with Gasteiger partial charge in [-0.2, -0.15) is 0 Å². The molecule has 0 bridgehead atoms. The van der Waals surface area contributed by atoms with Gasteiger partial charge in [0.2, 0.25) is 0 Å². The molecular weight excluding hydrogens is 271 g/mol. The molecule has 0 aromatic heterocycles. The Kier molecular flexibility index (Phi) is 4.81. The van der Waals surface area contributed by atoms with Gasteiger partial charge in [-0.15, -0.1) is 0 Å². The summed E-state index contributed by atoms with van der Waals surface area (Å²) in [7, 11) is 0. The third-order valence-corrected chi connectivity index (χ3v) is 4.24. The van der Waals surface area contributed by atoms with Gasteiger partial charge in [0.1, 0.15) is 23.7 Å². The lowest BCUT2D eigenvalue weighted by atomic mass is 10.0. The minimum atomic E-state index is -1.78. The topological polar surface area (TPSA) is 69.9 Å². The molecule has 4 nitrogen and oxygen atoms in total. The molecule has 5 unspecified atom stereocenters. The number of ether oxygens (including phenoxy) is 1. The van der Waals surface area contributed by atoms with Crippen LogP contribution in [-0.2, 0) is 4.74 Å². The smallest absolute Gasteiger partial charge is 0.157 e. The number of halogens is 1. The van der Waals surface area contributed by atoms with Crippen molar-refractivity contribution in [1.82, 2.24) is 0 Å². The Morgan fingerprint density at radius 2 is 1.84 bits per heavy atom. The van der Waals surface area contributed by atoms with Crippen LogP contribution in [0.5, 0.6) is 0 Å². The van der Waals surface area contributed by atoms with Crippen LogP contribution < -0.4 is 0 Å². The van der Waals surface area contributed by atoms with E-state index in [4.69, 9.17) is 9.84 Å². The highest BCUT2D eigenvalue weighted by molar-refractivity contribution is 7.99. The maximum absolute atomic E-state index is 13.6. The minimum Gasteiger partial charge on any atom is -0.394 e. The van der Waals surface area contributed by atoms with Gasteiger partial charge in [0.05, 0.1) is 6.61 Å². The van der Waals surface area contributed by atoms with Crippen LogP contribution in [0.4, 0.5) is 4.39 Å². The van der Waals surface area contributed by atoms with Gasteiger partial charge in [0.25, 0.3) is 0 Å². The van der Waals surface area contributed by atoms with E-state index < -0.39 is 36.5 Å². The number of rotatable bonds is 3. The largest absolute Gasteiger partial charge is 0.394 e. The number of aliphatic hydroxyl groups excluding tert-OH is 3. The van der Waals surface area contributed by atoms with Gasteiger partial charge in [-0.05, 0) is 19.1 Å². The average Bonchev–Trinajstić information content (AvgIpc) is 2.42. The summed E-state index contributed by atoms with van der Waals surface area (Å²) >= 11 is 1.20. The molecule has 1 saturated heterocycles. The fraction of sp³-hybridized carbons (Fsp3) is 0.538. The molecule has 5 atom stereocenters. The van der Waals surface area contributed by atoms with Crippen LogP contribution in [0.1, 0.15) is 5.56 Å². The van der Waals surface area contributed by atoms with E-state index in [1.54, 1.807) is 0 Å². The van der Waals surface area contributed by atoms with E-state index >= 15 is 0 Å². The fourth-order valence-corrected chi connectivity index (χ4v) is 2.95. The lowest BCUT2D eigenvalue weighted by molar-refractivity contribution is -0.185. The zero-order valence-electron chi connectivity index (χ0n) is 10.4. The molecule has 19 heavy (non-hydrogen) atoms. The molecule has 0 saturated carbocycles. The van der Waals surface area contributed by atoms with Gasteiger partial charge in [0.15, 0.2) is 6.17 Å². The lowest BCUT2D eigenvalue weighted by Gasteiger charge is -2.38. The third kappa shape index (κ3) is 3.27. The van der Waals surface area contributed by atoms with Crippen LogP contribution in [-0.4, -0.2) is 51.8 Å².